The maximum absolute atomic E-state index is 10.9. The highest BCUT2D eigenvalue weighted by Gasteiger charge is 2.04. The second-order valence-electron chi connectivity index (χ2n) is 2.42. The number of hydrogen-bond donors (Lipinski definition) is 0. The summed E-state index contributed by atoms with van der Waals surface area (Å²) in [4.78, 5) is 16.5. The van der Waals surface area contributed by atoms with Gasteiger partial charge in [-0.05, 0) is 28.1 Å². The van der Waals surface area contributed by atoms with Gasteiger partial charge in [0.15, 0.2) is 0 Å². The number of anilines is 1. The number of carbonyl (C=O) groups is 1. The monoisotopic (exact) mass is 228 g/mol. The summed E-state index contributed by atoms with van der Waals surface area (Å²) in [5, 5.41) is 0. The van der Waals surface area contributed by atoms with Crippen molar-refractivity contribution in [3.63, 3.8) is 0 Å². The Bertz CT molecular complexity index is 284. The third-order valence-corrected chi connectivity index (χ3v) is 2.04. The van der Waals surface area contributed by atoms with Crippen LogP contribution < -0.4 is 4.90 Å². The Morgan fingerprint density at radius 1 is 1.58 bits per heavy atom. The fraction of sp³-hybridized carbons (Fsp3) is 0.250. The SMILES string of the molecule is CC(=O)N(C)c1ccc(Br)nc1. The molecule has 1 aromatic heterocycles. The zero-order valence-corrected chi connectivity index (χ0v) is 8.50. The molecule has 0 aliphatic heterocycles. The first-order valence-electron chi connectivity index (χ1n) is 3.47. The molecule has 4 heteroatoms. The van der Waals surface area contributed by atoms with Crippen molar-refractivity contribution in [1.82, 2.24) is 4.98 Å². The quantitative estimate of drug-likeness (QED) is 0.688. The first-order valence-corrected chi connectivity index (χ1v) is 4.26. The standard InChI is InChI=1S/C8H9BrN2O/c1-6(12)11(2)7-3-4-8(9)10-5-7/h3-5H,1-2H3. The number of nitrogens with zero attached hydrogens (tertiary/aromatic N) is 2. The maximum atomic E-state index is 10.9. The molecule has 0 radical (unpaired) electrons. The van der Waals surface area contributed by atoms with Gasteiger partial charge in [-0.15, -0.1) is 0 Å². The number of hydrogen-bond acceptors (Lipinski definition) is 2. The lowest BCUT2D eigenvalue weighted by Crippen LogP contribution is -2.22. The van der Waals surface area contributed by atoms with Gasteiger partial charge >= 0.3 is 0 Å². The molecule has 0 unspecified atom stereocenters. The van der Waals surface area contributed by atoms with Crippen molar-refractivity contribution in [1.29, 1.82) is 0 Å². The van der Waals surface area contributed by atoms with Crippen LogP contribution in [0.25, 0.3) is 0 Å². The molecule has 0 N–H and O–H groups in total. The largest absolute Gasteiger partial charge is 0.314 e. The molecule has 1 amide bonds. The van der Waals surface area contributed by atoms with Gasteiger partial charge in [0.25, 0.3) is 0 Å². The second-order valence-corrected chi connectivity index (χ2v) is 3.23. The molecule has 0 fully saturated rings. The van der Waals surface area contributed by atoms with Gasteiger partial charge in [-0.2, -0.15) is 0 Å². The lowest BCUT2D eigenvalue weighted by molar-refractivity contribution is -0.116. The maximum Gasteiger partial charge on any atom is 0.223 e. The Hall–Kier alpha value is -0.900. The Labute approximate surface area is 79.5 Å². The van der Waals surface area contributed by atoms with Crippen LogP contribution in [0.5, 0.6) is 0 Å². The summed E-state index contributed by atoms with van der Waals surface area (Å²) in [7, 11) is 1.72. The van der Waals surface area contributed by atoms with Crippen LogP contribution in [0.4, 0.5) is 5.69 Å². The zero-order chi connectivity index (χ0) is 9.14. The Morgan fingerprint density at radius 3 is 2.67 bits per heavy atom. The normalized spacial score (nSPS) is 9.58. The minimum atomic E-state index is -0.000813. The van der Waals surface area contributed by atoms with Crippen molar-refractivity contribution in [2.24, 2.45) is 0 Å². The molecule has 0 saturated heterocycles. The van der Waals surface area contributed by atoms with Gasteiger partial charge < -0.3 is 4.90 Å². The molecule has 64 valence electrons. The molecule has 0 saturated carbocycles. The van der Waals surface area contributed by atoms with Crippen LogP contribution in [0, 0.1) is 0 Å². The zero-order valence-electron chi connectivity index (χ0n) is 6.91. The minimum Gasteiger partial charge on any atom is -0.314 e. The van der Waals surface area contributed by atoms with E-state index in [0.717, 1.165) is 10.3 Å². The van der Waals surface area contributed by atoms with Crippen molar-refractivity contribution in [2.75, 3.05) is 11.9 Å². The molecular weight excluding hydrogens is 220 g/mol. The molecule has 3 nitrogen and oxygen atoms in total. The number of aromatic nitrogens is 1. The van der Waals surface area contributed by atoms with Gasteiger partial charge in [0, 0.05) is 14.0 Å². The molecule has 1 aromatic rings. The third-order valence-electron chi connectivity index (χ3n) is 1.57. The van der Waals surface area contributed by atoms with Gasteiger partial charge in [0.2, 0.25) is 5.91 Å². The lowest BCUT2D eigenvalue weighted by Gasteiger charge is -2.13. The highest BCUT2D eigenvalue weighted by atomic mass is 79.9. The van der Waals surface area contributed by atoms with Gasteiger partial charge in [0.1, 0.15) is 4.60 Å². The molecular formula is C8H9BrN2O. The predicted octanol–water partition coefficient (Wildman–Crippen LogP) is 1.83. The molecule has 0 atom stereocenters. The van der Waals surface area contributed by atoms with Crippen molar-refractivity contribution in [3.05, 3.63) is 22.9 Å². The second kappa shape index (κ2) is 3.67. The Balaban J connectivity index is 2.89. The summed E-state index contributed by atoms with van der Waals surface area (Å²) in [6.07, 6.45) is 1.64. The minimum absolute atomic E-state index is 0.000813. The van der Waals surface area contributed by atoms with E-state index in [1.165, 1.54) is 6.92 Å². The van der Waals surface area contributed by atoms with Crippen molar-refractivity contribution >= 4 is 27.5 Å². The third kappa shape index (κ3) is 2.04. The van der Waals surface area contributed by atoms with E-state index in [1.54, 1.807) is 24.2 Å². The highest BCUT2D eigenvalue weighted by molar-refractivity contribution is 9.10. The van der Waals surface area contributed by atoms with E-state index >= 15 is 0 Å². The van der Waals surface area contributed by atoms with Crippen LogP contribution in [0.2, 0.25) is 0 Å². The molecule has 0 spiro atoms. The van der Waals surface area contributed by atoms with E-state index in [9.17, 15) is 4.79 Å². The number of amides is 1. The molecule has 0 bridgehead atoms. The van der Waals surface area contributed by atoms with E-state index in [1.807, 2.05) is 6.07 Å². The number of pyridine rings is 1. The van der Waals surface area contributed by atoms with Gasteiger partial charge in [-0.3, -0.25) is 4.79 Å². The van der Waals surface area contributed by atoms with Gasteiger partial charge in [0.05, 0.1) is 11.9 Å². The van der Waals surface area contributed by atoms with Crippen molar-refractivity contribution < 1.29 is 4.79 Å². The number of rotatable bonds is 1. The predicted molar refractivity (Wildman–Crippen MR) is 51.0 cm³/mol. The average Bonchev–Trinajstić information content (AvgIpc) is 2.04. The fourth-order valence-electron chi connectivity index (χ4n) is 0.748. The van der Waals surface area contributed by atoms with Crippen LogP contribution >= 0.6 is 15.9 Å². The summed E-state index contributed by atoms with van der Waals surface area (Å²) >= 11 is 3.22. The van der Waals surface area contributed by atoms with Crippen molar-refractivity contribution in [2.45, 2.75) is 6.92 Å². The van der Waals surface area contributed by atoms with Crippen LogP contribution in [0.3, 0.4) is 0 Å². The summed E-state index contributed by atoms with van der Waals surface area (Å²) in [6.45, 7) is 1.52. The Kier molecular flexibility index (Phi) is 2.81. The summed E-state index contributed by atoms with van der Waals surface area (Å²) < 4.78 is 0.767. The fourth-order valence-corrected chi connectivity index (χ4v) is 0.983. The van der Waals surface area contributed by atoms with E-state index < -0.39 is 0 Å². The Morgan fingerprint density at radius 2 is 2.25 bits per heavy atom. The van der Waals surface area contributed by atoms with Crippen LogP contribution in [0.15, 0.2) is 22.9 Å². The van der Waals surface area contributed by atoms with E-state index in [4.69, 9.17) is 0 Å². The van der Waals surface area contributed by atoms with E-state index in [0.29, 0.717) is 0 Å². The number of halogens is 1. The topological polar surface area (TPSA) is 33.2 Å². The summed E-state index contributed by atoms with van der Waals surface area (Å²) in [6, 6.07) is 3.63. The molecule has 1 heterocycles. The molecule has 1 rings (SSSR count). The van der Waals surface area contributed by atoms with Crippen LogP contribution in [-0.4, -0.2) is 17.9 Å². The molecule has 0 aliphatic carbocycles. The molecule has 12 heavy (non-hydrogen) atoms. The highest BCUT2D eigenvalue weighted by Crippen LogP contribution is 2.13. The lowest BCUT2D eigenvalue weighted by atomic mass is 10.4. The van der Waals surface area contributed by atoms with Gasteiger partial charge in [-0.25, -0.2) is 4.98 Å². The number of carbonyl (C=O) groups excluding carboxylic acids is 1. The summed E-state index contributed by atoms with van der Waals surface area (Å²) in [5.74, 6) is -0.000813. The van der Waals surface area contributed by atoms with Crippen LogP contribution in [0.1, 0.15) is 6.92 Å². The van der Waals surface area contributed by atoms with Crippen LogP contribution in [-0.2, 0) is 4.79 Å². The van der Waals surface area contributed by atoms with E-state index in [2.05, 4.69) is 20.9 Å². The summed E-state index contributed by atoms with van der Waals surface area (Å²) in [5.41, 5.74) is 0.797. The molecule has 0 aromatic carbocycles. The first kappa shape index (κ1) is 9.19. The first-order chi connectivity index (χ1) is 5.61. The van der Waals surface area contributed by atoms with Crippen molar-refractivity contribution in [3.8, 4) is 0 Å². The smallest absolute Gasteiger partial charge is 0.223 e. The molecule has 0 aliphatic rings. The average molecular weight is 229 g/mol. The van der Waals surface area contributed by atoms with E-state index in [-0.39, 0.29) is 5.91 Å². The van der Waals surface area contributed by atoms with Gasteiger partial charge in [-0.1, -0.05) is 0 Å².